The first-order valence-corrected chi connectivity index (χ1v) is 8.91. The Labute approximate surface area is 158 Å². The van der Waals surface area contributed by atoms with E-state index < -0.39 is 0 Å². The Morgan fingerprint density at radius 3 is 2.89 bits per heavy atom. The second kappa shape index (κ2) is 7.63. The van der Waals surface area contributed by atoms with Gasteiger partial charge in [-0.05, 0) is 36.4 Å². The average Bonchev–Trinajstić information content (AvgIpc) is 3.14. The van der Waals surface area contributed by atoms with E-state index in [0.717, 1.165) is 5.69 Å². The summed E-state index contributed by atoms with van der Waals surface area (Å²) in [6.07, 6.45) is 3.65. The van der Waals surface area contributed by atoms with Crippen LogP contribution in [0.3, 0.4) is 0 Å². The lowest BCUT2D eigenvalue weighted by Crippen LogP contribution is -2.44. The molecule has 0 bridgehead atoms. The Kier molecular flexibility index (Phi) is 4.89. The van der Waals surface area contributed by atoms with Gasteiger partial charge in [0, 0.05) is 43.3 Å². The van der Waals surface area contributed by atoms with Crippen molar-refractivity contribution in [3.05, 3.63) is 78.2 Å². The summed E-state index contributed by atoms with van der Waals surface area (Å²) in [6.45, 7) is 1.59. The number of hydrogen-bond acceptors (Lipinski definition) is 4. The number of aromatic nitrogens is 2. The van der Waals surface area contributed by atoms with E-state index in [1.807, 2.05) is 65.2 Å². The lowest BCUT2D eigenvalue weighted by Gasteiger charge is -2.36. The molecule has 3 aromatic rings. The lowest BCUT2D eigenvalue weighted by molar-refractivity contribution is -0.00464. The van der Waals surface area contributed by atoms with Crippen molar-refractivity contribution in [2.45, 2.75) is 6.04 Å². The fourth-order valence-electron chi connectivity index (χ4n) is 3.30. The second-order valence-corrected chi connectivity index (χ2v) is 6.43. The largest absolute Gasteiger partial charge is 0.439 e. The van der Waals surface area contributed by atoms with Crippen molar-refractivity contribution in [1.82, 2.24) is 14.5 Å². The van der Waals surface area contributed by atoms with Gasteiger partial charge in [0.05, 0.1) is 19.3 Å². The van der Waals surface area contributed by atoms with Gasteiger partial charge in [-0.2, -0.15) is 0 Å². The van der Waals surface area contributed by atoms with E-state index in [1.165, 1.54) is 0 Å². The summed E-state index contributed by atoms with van der Waals surface area (Å²) >= 11 is 0. The normalized spacial score (nSPS) is 16.9. The first-order valence-electron chi connectivity index (χ1n) is 8.91. The molecule has 0 N–H and O–H groups in total. The highest BCUT2D eigenvalue weighted by molar-refractivity contribution is 5.95. The van der Waals surface area contributed by atoms with Gasteiger partial charge in [0.15, 0.2) is 0 Å². The molecule has 6 heteroatoms. The van der Waals surface area contributed by atoms with Crippen LogP contribution in [0.5, 0.6) is 11.6 Å². The number of hydrogen-bond donors (Lipinski definition) is 0. The third kappa shape index (κ3) is 3.71. The monoisotopic (exact) mass is 363 g/mol. The minimum absolute atomic E-state index is 0.0315. The number of benzene rings is 1. The Hall–Kier alpha value is -3.12. The molecule has 1 aliphatic heterocycles. The van der Waals surface area contributed by atoms with Crippen LogP contribution in [-0.2, 0) is 11.8 Å². The first kappa shape index (κ1) is 17.3. The predicted molar refractivity (Wildman–Crippen MR) is 101 cm³/mol. The van der Waals surface area contributed by atoms with Gasteiger partial charge < -0.3 is 18.9 Å². The molecule has 1 fully saturated rings. The minimum Gasteiger partial charge on any atom is -0.439 e. The molecular weight excluding hydrogens is 342 g/mol. The quantitative estimate of drug-likeness (QED) is 0.713. The lowest BCUT2D eigenvalue weighted by atomic mass is 10.1. The Morgan fingerprint density at radius 1 is 1.19 bits per heavy atom. The number of nitrogens with zero attached hydrogens (tertiary/aromatic N) is 3. The zero-order chi connectivity index (χ0) is 18.6. The minimum atomic E-state index is -0.105. The van der Waals surface area contributed by atoms with E-state index in [4.69, 9.17) is 9.47 Å². The maximum Gasteiger partial charge on any atom is 0.254 e. The molecular formula is C21H21N3O3. The van der Waals surface area contributed by atoms with Crippen LogP contribution in [0.2, 0.25) is 0 Å². The molecule has 1 amide bonds. The maximum absolute atomic E-state index is 13.2. The molecule has 1 unspecified atom stereocenters. The molecule has 0 saturated carbocycles. The number of aryl methyl sites for hydroxylation is 1. The van der Waals surface area contributed by atoms with Crippen molar-refractivity contribution >= 4 is 5.91 Å². The van der Waals surface area contributed by atoms with Gasteiger partial charge in [-0.3, -0.25) is 4.79 Å². The van der Waals surface area contributed by atoms with Crippen LogP contribution in [0.15, 0.2) is 67.0 Å². The molecule has 1 saturated heterocycles. The molecule has 6 nitrogen and oxygen atoms in total. The Bertz CT molecular complexity index is 923. The van der Waals surface area contributed by atoms with Crippen molar-refractivity contribution in [1.29, 1.82) is 0 Å². The zero-order valence-electron chi connectivity index (χ0n) is 15.1. The Balaban J connectivity index is 1.58. The maximum atomic E-state index is 13.2. The van der Waals surface area contributed by atoms with Crippen LogP contribution in [0.25, 0.3) is 0 Å². The van der Waals surface area contributed by atoms with Crippen LogP contribution in [-0.4, -0.2) is 40.1 Å². The van der Waals surface area contributed by atoms with E-state index in [2.05, 4.69) is 4.98 Å². The predicted octanol–water partition coefficient (Wildman–Crippen LogP) is 3.43. The molecule has 1 atom stereocenters. The second-order valence-electron chi connectivity index (χ2n) is 6.43. The molecule has 138 valence electrons. The van der Waals surface area contributed by atoms with E-state index in [9.17, 15) is 4.79 Å². The first-order chi connectivity index (χ1) is 13.2. The van der Waals surface area contributed by atoms with Crippen molar-refractivity contribution in [2.75, 3.05) is 19.8 Å². The van der Waals surface area contributed by atoms with Crippen LogP contribution in [0.4, 0.5) is 0 Å². The Morgan fingerprint density at radius 2 is 2.11 bits per heavy atom. The van der Waals surface area contributed by atoms with Gasteiger partial charge in [0.25, 0.3) is 5.91 Å². The molecule has 4 rings (SSSR count). The van der Waals surface area contributed by atoms with Crippen LogP contribution in [0, 0.1) is 0 Å². The SMILES string of the molecule is Cn1cccc1C1COCCN1C(=O)c1cccc(Oc2ccccn2)c1. The van der Waals surface area contributed by atoms with Gasteiger partial charge in [-0.1, -0.05) is 12.1 Å². The van der Waals surface area contributed by atoms with Crippen molar-refractivity contribution in [3.63, 3.8) is 0 Å². The summed E-state index contributed by atoms with van der Waals surface area (Å²) in [4.78, 5) is 19.2. The summed E-state index contributed by atoms with van der Waals surface area (Å²) in [5.41, 5.74) is 1.65. The fourth-order valence-corrected chi connectivity index (χ4v) is 3.30. The third-order valence-electron chi connectivity index (χ3n) is 4.66. The van der Waals surface area contributed by atoms with E-state index in [0.29, 0.717) is 37.0 Å². The molecule has 0 spiro atoms. The third-order valence-corrected chi connectivity index (χ3v) is 4.66. The number of carbonyl (C=O) groups is 1. The molecule has 0 radical (unpaired) electrons. The van der Waals surface area contributed by atoms with Gasteiger partial charge in [-0.15, -0.1) is 0 Å². The highest BCUT2D eigenvalue weighted by atomic mass is 16.5. The van der Waals surface area contributed by atoms with E-state index in [-0.39, 0.29) is 11.9 Å². The zero-order valence-corrected chi connectivity index (χ0v) is 15.1. The van der Waals surface area contributed by atoms with Gasteiger partial charge in [-0.25, -0.2) is 4.98 Å². The standard InChI is InChI=1S/C21H21N3O3/c1-23-11-5-8-18(23)19-15-26-13-12-24(19)21(25)16-6-4-7-17(14-16)27-20-9-2-3-10-22-20/h2-11,14,19H,12-13,15H2,1H3. The number of morpholine rings is 1. The van der Waals surface area contributed by atoms with Crippen LogP contribution in [0.1, 0.15) is 22.1 Å². The fraction of sp³-hybridized carbons (Fsp3) is 0.238. The van der Waals surface area contributed by atoms with Crippen LogP contribution < -0.4 is 4.74 Å². The molecule has 1 aliphatic rings. The van der Waals surface area contributed by atoms with Gasteiger partial charge in [0.1, 0.15) is 5.75 Å². The highest BCUT2D eigenvalue weighted by Gasteiger charge is 2.30. The van der Waals surface area contributed by atoms with Gasteiger partial charge >= 0.3 is 0 Å². The topological polar surface area (TPSA) is 56.6 Å². The summed E-state index contributed by atoms with van der Waals surface area (Å²) in [5.74, 6) is 1.05. The molecule has 2 aromatic heterocycles. The number of ether oxygens (including phenoxy) is 2. The number of carbonyl (C=O) groups excluding carboxylic acids is 1. The van der Waals surface area contributed by atoms with Crippen LogP contribution >= 0.6 is 0 Å². The highest BCUT2D eigenvalue weighted by Crippen LogP contribution is 2.27. The molecule has 1 aromatic carbocycles. The number of rotatable bonds is 4. The smallest absolute Gasteiger partial charge is 0.254 e. The van der Waals surface area contributed by atoms with Crippen molar-refractivity contribution < 1.29 is 14.3 Å². The number of pyridine rings is 1. The van der Waals surface area contributed by atoms with E-state index in [1.54, 1.807) is 18.3 Å². The summed E-state index contributed by atoms with van der Waals surface area (Å²) in [6, 6.07) is 16.6. The molecule has 0 aliphatic carbocycles. The molecule has 3 heterocycles. The average molecular weight is 363 g/mol. The molecule has 27 heavy (non-hydrogen) atoms. The van der Waals surface area contributed by atoms with Crippen molar-refractivity contribution in [3.8, 4) is 11.6 Å². The summed E-state index contributed by atoms with van der Waals surface area (Å²) in [5, 5.41) is 0. The van der Waals surface area contributed by atoms with Gasteiger partial charge in [0.2, 0.25) is 5.88 Å². The van der Waals surface area contributed by atoms with E-state index >= 15 is 0 Å². The summed E-state index contributed by atoms with van der Waals surface area (Å²) in [7, 11) is 1.98. The summed E-state index contributed by atoms with van der Waals surface area (Å²) < 4.78 is 13.4. The van der Waals surface area contributed by atoms with Crippen molar-refractivity contribution in [2.24, 2.45) is 7.05 Å². The number of amides is 1.